The van der Waals surface area contributed by atoms with E-state index in [2.05, 4.69) is 12.2 Å². The number of hydrogen-bond acceptors (Lipinski definition) is 6. The first kappa shape index (κ1) is 24.7. The number of anilines is 2. The van der Waals surface area contributed by atoms with E-state index in [4.69, 9.17) is 10.5 Å². The molecule has 10 heteroatoms. The molecule has 35 heavy (non-hydrogen) atoms. The molecule has 2 aromatic carbocycles. The number of sulfonamides is 1. The van der Waals surface area contributed by atoms with Crippen molar-refractivity contribution >= 4 is 43.9 Å². The van der Waals surface area contributed by atoms with Crippen molar-refractivity contribution in [3.05, 3.63) is 70.1 Å². The lowest BCUT2D eigenvalue weighted by molar-refractivity contribution is 0.1000. The van der Waals surface area contributed by atoms with Gasteiger partial charge in [-0.1, -0.05) is 13.0 Å². The third-order valence-corrected chi connectivity index (χ3v) is 9.13. The summed E-state index contributed by atoms with van der Waals surface area (Å²) in [4.78, 5) is 26.3. The second kappa shape index (κ2) is 9.71. The number of primary amides is 1. The maximum atomic E-state index is 13.2. The van der Waals surface area contributed by atoms with Crippen LogP contribution in [0.1, 0.15) is 44.5 Å². The van der Waals surface area contributed by atoms with Crippen LogP contribution in [-0.4, -0.2) is 34.4 Å². The van der Waals surface area contributed by atoms with Gasteiger partial charge in [-0.2, -0.15) is 0 Å². The number of hydrogen-bond donors (Lipinski definition) is 2. The Bertz CT molecular complexity index is 1380. The molecule has 0 saturated heterocycles. The molecule has 0 spiro atoms. The summed E-state index contributed by atoms with van der Waals surface area (Å²) in [5.74, 6) is 0.0152. The summed E-state index contributed by atoms with van der Waals surface area (Å²) in [5.41, 5.74) is 7.52. The number of nitrogens with one attached hydrogen (secondary N) is 1. The van der Waals surface area contributed by atoms with Crippen molar-refractivity contribution in [2.75, 3.05) is 23.8 Å². The van der Waals surface area contributed by atoms with Gasteiger partial charge in [0.25, 0.3) is 21.8 Å². The topological polar surface area (TPSA) is 119 Å². The molecule has 0 saturated carbocycles. The van der Waals surface area contributed by atoms with Gasteiger partial charge in [0.1, 0.15) is 10.8 Å². The van der Waals surface area contributed by atoms with Gasteiger partial charge in [-0.05, 0) is 73.2 Å². The Kier molecular flexibility index (Phi) is 6.86. The normalized spacial score (nSPS) is 15.2. The van der Waals surface area contributed by atoms with Crippen LogP contribution in [0.4, 0.5) is 10.7 Å². The Morgan fingerprint density at radius 1 is 1.17 bits per heavy atom. The van der Waals surface area contributed by atoms with Crippen molar-refractivity contribution in [2.24, 2.45) is 11.7 Å². The van der Waals surface area contributed by atoms with E-state index in [1.807, 2.05) is 0 Å². The summed E-state index contributed by atoms with van der Waals surface area (Å²) in [5, 5.41) is 3.20. The highest BCUT2D eigenvalue weighted by Gasteiger charge is 2.28. The summed E-state index contributed by atoms with van der Waals surface area (Å²) in [6.07, 6.45) is 2.53. The van der Waals surface area contributed by atoms with E-state index in [1.165, 1.54) is 49.8 Å². The van der Waals surface area contributed by atoms with E-state index in [9.17, 15) is 18.0 Å². The van der Waals surface area contributed by atoms with Gasteiger partial charge >= 0.3 is 0 Å². The number of rotatable bonds is 7. The molecule has 4 rings (SSSR count). The monoisotopic (exact) mass is 513 g/mol. The van der Waals surface area contributed by atoms with Crippen LogP contribution in [0, 0.1) is 5.92 Å². The molecule has 3 aromatic rings. The second-order valence-corrected chi connectivity index (χ2v) is 11.6. The number of benzene rings is 2. The van der Waals surface area contributed by atoms with E-state index >= 15 is 0 Å². The molecule has 0 fully saturated rings. The van der Waals surface area contributed by atoms with Crippen LogP contribution in [0.15, 0.2) is 53.4 Å². The van der Waals surface area contributed by atoms with E-state index in [0.717, 1.165) is 34.0 Å². The van der Waals surface area contributed by atoms with Crippen LogP contribution in [0.3, 0.4) is 0 Å². The molecule has 0 aliphatic heterocycles. The number of amides is 2. The lowest BCUT2D eigenvalue weighted by Gasteiger charge is -2.20. The zero-order chi connectivity index (χ0) is 25.3. The molecule has 0 bridgehead atoms. The van der Waals surface area contributed by atoms with Gasteiger partial charge in [0.05, 0.1) is 23.3 Å². The molecule has 3 N–H and O–H groups in total. The highest BCUT2D eigenvalue weighted by atomic mass is 32.2. The zero-order valence-corrected chi connectivity index (χ0v) is 21.3. The Labute approximate surface area is 208 Å². The van der Waals surface area contributed by atoms with E-state index < -0.39 is 21.8 Å². The van der Waals surface area contributed by atoms with Gasteiger partial charge in [0.15, 0.2) is 0 Å². The molecule has 1 atom stereocenters. The van der Waals surface area contributed by atoms with Crippen LogP contribution in [0.25, 0.3) is 0 Å². The van der Waals surface area contributed by atoms with Gasteiger partial charge in [-0.15, -0.1) is 11.3 Å². The van der Waals surface area contributed by atoms with E-state index in [0.29, 0.717) is 27.9 Å². The van der Waals surface area contributed by atoms with E-state index in [-0.39, 0.29) is 10.5 Å². The van der Waals surface area contributed by atoms with Crippen molar-refractivity contribution in [3.8, 4) is 5.75 Å². The van der Waals surface area contributed by atoms with Crippen LogP contribution in [0.2, 0.25) is 0 Å². The van der Waals surface area contributed by atoms with Crippen molar-refractivity contribution in [2.45, 2.75) is 31.1 Å². The predicted molar refractivity (Wildman–Crippen MR) is 137 cm³/mol. The third kappa shape index (κ3) is 4.89. The number of thiophene rings is 1. The zero-order valence-electron chi connectivity index (χ0n) is 19.7. The Balaban J connectivity index is 1.60. The highest BCUT2D eigenvalue weighted by Crippen LogP contribution is 2.39. The number of nitrogens with two attached hydrogens (primary N) is 1. The van der Waals surface area contributed by atoms with Gasteiger partial charge in [-0.25, -0.2) is 8.42 Å². The minimum atomic E-state index is -3.93. The van der Waals surface area contributed by atoms with Gasteiger partial charge in [-0.3, -0.25) is 13.9 Å². The molecule has 0 unspecified atom stereocenters. The van der Waals surface area contributed by atoms with Crippen molar-refractivity contribution < 1.29 is 22.7 Å². The molecular weight excluding hydrogens is 486 g/mol. The molecule has 184 valence electrons. The number of ether oxygens (including phenoxy) is 1. The van der Waals surface area contributed by atoms with Crippen LogP contribution < -0.4 is 20.1 Å². The maximum Gasteiger partial charge on any atom is 0.264 e. The lowest BCUT2D eigenvalue weighted by Crippen LogP contribution is -2.27. The average Bonchev–Trinajstić information content (AvgIpc) is 3.20. The predicted octanol–water partition coefficient (Wildman–Crippen LogP) is 4.06. The van der Waals surface area contributed by atoms with E-state index in [1.54, 1.807) is 24.3 Å². The smallest absolute Gasteiger partial charge is 0.264 e. The average molecular weight is 514 g/mol. The van der Waals surface area contributed by atoms with Crippen LogP contribution >= 0.6 is 11.3 Å². The number of carbonyl (C=O) groups is 2. The van der Waals surface area contributed by atoms with Crippen molar-refractivity contribution in [1.29, 1.82) is 0 Å². The molecule has 0 radical (unpaired) electrons. The molecule has 1 aliphatic carbocycles. The third-order valence-electron chi connectivity index (χ3n) is 6.18. The molecule has 2 amide bonds. The van der Waals surface area contributed by atoms with Gasteiger partial charge in [0, 0.05) is 17.5 Å². The molecule has 8 nitrogen and oxygen atoms in total. The minimum Gasteiger partial charge on any atom is -0.497 e. The number of nitrogens with zero attached hydrogens (tertiary/aromatic N) is 1. The first-order chi connectivity index (χ1) is 16.6. The quantitative estimate of drug-likeness (QED) is 0.494. The minimum absolute atomic E-state index is 0.0297. The lowest BCUT2D eigenvalue weighted by atomic mass is 9.88. The summed E-state index contributed by atoms with van der Waals surface area (Å²) in [6.45, 7) is 2.15. The summed E-state index contributed by atoms with van der Waals surface area (Å²) < 4.78 is 32.7. The summed E-state index contributed by atoms with van der Waals surface area (Å²) in [7, 11) is -0.953. The number of carbonyl (C=O) groups excluding carboxylic acids is 2. The summed E-state index contributed by atoms with van der Waals surface area (Å²) in [6, 6.07) is 12.4. The number of methoxy groups -OCH3 is 1. The Morgan fingerprint density at radius 2 is 1.89 bits per heavy atom. The molecular formula is C25H27N3O5S2. The first-order valence-electron chi connectivity index (χ1n) is 11.1. The fraction of sp³-hybridized carbons (Fsp3) is 0.280. The molecule has 1 aliphatic rings. The maximum absolute atomic E-state index is 13.2. The van der Waals surface area contributed by atoms with Crippen molar-refractivity contribution in [3.63, 3.8) is 0 Å². The number of fused-ring (bicyclic) bond motifs is 1. The van der Waals surface area contributed by atoms with Gasteiger partial charge in [0.2, 0.25) is 0 Å². The Hall–Kier alpha value is -3.37. The van der Waals surface area contributed by atoms with Crippen LogP contribution in [0.5, 0.6) is 5.75 Å². The fourth-order valence-electron chi connectivity index (χ4n) is 4.16. The Morgan fingerprint density at radius 3 is 2.54 bits per heavy atom. The highest BCUT2D eigenvalue weighted by molar-refractivity contribution is 7.92. The largest absolute Gasteiger partial charge is 0.497 e. The van der Waals surface area contributed by atoms with Crippen LogP contribution in [-0.2, 0) is 22.9 Å². The van der Waals surface area contributed by atoms with Gasteiger partial charge < -0.3 is 15.8 Å². The second-order valence-electron chi connectivity index (χ2n) is 8.57. The van der Waals surface area contributed by atoms with Crippen molar-refractivity contribution in [1.82, 2.24) is 0 Å². The summed E-state index contributed by atoms with van der Waals surface area (Å²) >= 11 is 1.36. The standard InChI is InChI=1S/C25H27N3O5S2/c1-15-7-12-20-21(13-15)34-25(22(20)23(26)29)27-24(30)16-5-4-6-19(14-16)35(31,32)28(2)17-8-10-18(33-3)11-9-17/h4-6,8-11,14-15H,7,12-13H2,1-3H3,(H2,26,29)(H,27,30)/t15-/m1/s1. The molecule has 1 heterocycles. The fourth-order valence-corrected chi connectivity index (χ4v) is 6.81. The first-order valence-corrected chi connectivity index (χ1v) is 13.4. The molecule has 1 aromatic heterocycles. The SMILES string of the molecule is COc1ccc(N(C)S(=O)(=O)c2cccc(C(=O)Nc3sc4c(c3C(N)=O)CC[C@@H](C)C4)c2)cc1.